The van der Waals surface area contributed by atoms with E-state index >= 15 is 0 Å². The Hall–Kier alpha value is -2.44. The number of aliphatic carboxylic acids is 1. The molecule has 0 radical (unpaired) electrons. The van der Waals surface area contributed by atoms with Gasteiger partial charge in [0, 0.05) is 11.7 Å². The summed E-state index contributed by atoms with van der Waals surface area (Å²) in [6.45, 7) is 0. The molecule has 1 aromatic heterocycles. The first-order valence-corrected chi connectivity index (χ1v) is 7.05. The summed E-state index contributed by atoms with van der Waals surface area (Å²) in [5.41, 5.74) is 1.83. The Kier molecular flexibility index (Phi) is 3.81. The number of carboxylic acids is 1. The third kappa shape index (κ3) is 3.18. The van der Waals surface area contributed by atoms with E-state index in [-0.39, 0.29) is 12.0 Å². The van der Waals surface area contributed by atoms with E-state index in [4.69, 9.17) is 5.11 Å². The van der Waals surface area contributed by atoms with Crippen molar-refractivity contribution in [2.75, 3.05) is 5.32 Å². The molecule has 2 unspecified atom stereocenters. The van der Waals surface area contributed by atoms with Crippen LogP contribution in [0.25, 0.3) is 5.69 Å². The Balaban J connectivity index is 1.70. The largest absolute Gasteiger partial charge is 0.481 e. The highest BCUT2D eigenvalue weighted by molar-refractivity contribution is 5.70. The molecule has 1 aliphatic carbocycles. The van der Waals surface area contributed by atoms with Crippen molar-refractivity contribution in [3.05, 3.63) is 30.6 Å². The van der Waals surface area contributed by atoms with E-state index in [9.17, 15) is 4.79 Å². The van der Waals surface area contributed by atoms with Gasteiger partial charge in [0.05, 0.1) is 11.6 Å². The molecule has 7 heteroatoms. The summed E-state index contributed by atoms with van der Waals surface area (Å²) in [6, 6.07) is 7.97. The molecule has 1 saturated carbocycles. The molecule has 0 amide bonds. The number of hydrogen-bond acceptors (Lipinski definition) is 5. The summed E-state index contributed by atoms with van der Waals surface area (Å²) in [4.78, 5) is 11.1. The van der Waals surface area contributed by atoms with Crippen LogP contribution in [0.2, 0.25) is 0 Å². The molecule has 2 aromatic rings. The van der Waals surface area contributed by atoms with Crippen LogP contribution in [0, 0.1) is 5.92 Å². The van der Waals surface area contributed by atoms with Crippen molar-refractivity contribution in [2.45, 2.75) is 31.7 Å². The molecular weight excluding hydrogens is 270 g/mol. The smallest absolute Gasteiger partial charge is 0.306 e. The van der Waals surface area contributed by atoms with Crippen molar-refractivity contribution in [1.82, 2.24) is 20.2 Å². The number of nitrogens with one attached hydrogen (secondary N) is 1. The van der Waals surface area contributed by atoms with Crippen molar-refractivity contribution >= 4 is 11.7 Å². The third-order valence-corrected chi connectivity index (χ3v) is 3.85. The minimum absolute atomic E-state index is 0.198. The summed E-state index contributed by atoms with van der Waals surface area (Å²) in [6.07, 6.45) is 4.93. The topological polar surface area (TPSA) is 92.9 Å². The first-order valence-electron chi connectivity index (χ1n) is 7.05. The normalized spacial score (nSPS) is 21.9. The van der Waals surface area contributed by atoms with Crippen LogP contribution >= 0.6 is 0 Å². The average Bonchev–Trinajstić information content (AvgIpc) is 3.02. The number of benzene rings is 1. The van der Waals surface area contributed by atoms with E-state index in [2.05, 4.69) is 20.8 Å². The van der Waals surface area contributed by atoms with E-state index in [0.717, 1.165) is 30.6 Å². The highest BCUT2D eigenvalue weighted by Gasteiger charge is 2.26. The standard InChI is InChI=1S/C14H17N5O2/c20-14(21)10-3-1-4-11(7-10)16-12-5-2-6-13(8-12)19-9-15-17-18-19/h2,5-6,8-11,16H,1,3-4,7H2,(H,20,21). The molecule has 21 heavy (non-hydrogen) atoms. The van der Waals surface area contributed by atoms with Crippen LogP contribution in [0.15, 0.2) is 30.6 Å². The summed E-state index contributed by atoms with van der Waals surface area (Å²) in [7, 11) is 0. The number of nitrogens with zero attached hydrogens (tertiary/aromatic N) is 4. The number of tetrazole rings is 1. The fourth-order valence-corrected chi connectivity index (χ4v) is 2.80. The lowest BCUT2D eigenvalue weighted by molar-refractivity contribution is -0.142. The molecule has 0 bridgehead atoms. The predicted octanol–water partition coefficient (Wildman–Crippen LogP) is 1.72. The van der Waals surface area contributed by atoms with Crippen LogP contribution in [-0.4, -0.2) is 37.3 Å². The van der Waals surface area contributed by atoms with Crippen molar-refractivity contribution in [3.8, 4) is 5.69 Å². The van der Waals surface area contributed by atoms with Gasteiger partial charge in [0.2, 0.25) is 0 Å². The maximum absolute atomic E-state index is 11.1. The Labute approximate surface area is 122 Å². The minimum atomic E-state index is -0.691. The summed E-state index contributed by atoms with van der Waals surface area (Å²) in [5, 5.41) is 23.7. The van der Waals surface area contributed by atoms with Gasteiger partial charge in [-0.2, -0.15) is 0 Å². The fourth-order valence-electron chi connectivity index (χ4n) is 2.80. The molecule has 3 rings (SSSR count). The SMILES string of the molecule is O=C(O)C1CCCC(Nc2cccc(-n3cnnn3)c2)C1. The Morgan fingerprint density at radius 3 is 3.05 bits per heavy atom. The number of rotatable bonds is 4. The molecular formula is C14H17N5O2. The number of aromatic nitrogens is 4. The molecule has 1 heterocycles. The maximum Gasteiger partial charge on any atom is 0.306 e. The first-order chi connectivity index (χ1) is 10.2. The van der Waals surface area contributed by atoms with Crippen molar-refractivity contribution in [1.29, 1.82) is 0 Å². The average molecular weight is 287 g/mol. The lowest BCUT2D eigenvalue weighted by Gasteiger charge is -2.28. The van der Waals surface area contributed by atoms with Gasteiger partial charge in [-0.1, -0.05) is 12.5 Å². The first kappa shape index (κ1) is 13.5. The van der Waals surface area contributed by atoms with Gasteiger partial charge in [-0.05, 0) is 47.9 Å². The number of hydrogen-bond donors (Lipinski definition) is 2. The van der Waals surface area contributed by atoms with Crippen molar-refractivity contribution in [3.63, 3.8) is 0 Å². The van der Waals surface area contributed by atoms with Gasteiger partial charge in [-0.15, -0.1) is 5.10 Å². The van der Waals surface area contributed by atoms with E-state index in [0.29, 0.717) is 6.42 Å². The lowest BCUT2D eigenvalue weighted by atomic mass is 9.85. The Morgan fingerprint density at radius 1 is 1.38 bits per heavy atom. The zero-order valence-electron chi connectivity index (χ0n) is 11.5. The molecule has 0 saturated heterocycles. The van der Waals surface area contributed by atoms with Crippen LogP contribution in [0.3, 0.4) is 0 Å². The van der Waals surface area contributed by atoms with E-state index < -0.39 is 5.97 Å². The quantitative estimate of drug-likeness (QED) is 0.889. The van der Waals surface area contributed by atoms with Gasteiger partial charge in [0.15, 0.2) is 0 Å². The second-order valence-electron chi connectivity index (χ2n) is 5.35. The zero-order valence-corrected chi connectivity index (χ0v) is 11.5. The van der Waals surface area contributed by atoms with Crippen LogP contribution < -0.4 is 5.32 Å². The third-order valence-electron chi connectivity index (χ3n) is 3.85. The highest BCUT2D eigenvalue weighted by atomic mass is 16.4. The van der Waals surface area contributed by atoms with E-state index in [1.54, 1.807) is 11.0 Å². The van der Waals surface area contributed by atoms with Crippen LogP contribution in [-0.2, 0) is 4.79 Å². The van der Waals surface area contributed by atoms with Crippen LogP contribution in [0.5, 0.6) is 0 Å². The predicted molar refractivity (Wildman–Crippen MR) is 76.2 cm³/mol. The summed E-state index contributed by atoms with van der Waals surface area (Å²) >= 11 is 0. The maximum atomic E-state index is 11.1. The van der Waals surface area contributed by atoms with Gasteiger partial charge in [0.1, 0.15) is 6.33 Å². The molecule has 2 N–H and O–H groups in total. The minimum Gasteiger partial charge on any atom is -0.481 e. The Bertz CT molecular complexity index is 614. The molecule has 0 aliphatic heterocycles. The van der Waals surface area contributed by atoms with Crippen molar-refractivity contribution in [2.24, 2.45) is 5.92 Å². The fraction of sp³-hybridized carbons (Fsp3) is 0.429. The van der Waals surface area contributed by atoms with Gasteiger partial charge < -0.3 is 10.4 Å². The molecule has 110 valence electrons. The van der Waals surface area contributed by atoms with E-state index in [1.807, 2.05) is 24.3 Å². The molecule has 2 atom stereocenters. The number of carbonyl (C=O) groups is 1. The van der Waals surface area contributed by atoms with E-state index in [1.165, 1.54) is 0 Å². The van der Waals surface area contributed by atoms with Gasteiger partial charge in [-0.25, -0.2) is 4.68 Å². The molecule has 7 nitrogen and oxygen atoms in total. The van der Waals surface area contributed by atoms with Crippen LogP contribution in [0.1, 0.15) is 25.7 Å². The molecule has 1 aliphatic rings. The van der Waals surface area contributed by atoms with Crippen molar-refractivity contribution < 1.29 is 9.90 Å². The molecule has 0 spiro atoms. The summed E-state index contributed by atoms with van der Waals surface area (Å²) in [5.74, 6) is -0.928. The molecule has 1 aromatic carbocycles. The lowest BCUT2D eigenvalue weighted by Crippen LogP contribution is -2.30. The van der Waals surface area contributed by atoms with Gasteiger partial charge in [-0.3, -0.25) is 4.79 Å². The van der Waals surface area contributed by atoms with Gasteiger partial charge in [0.25, 0.3) is 0 Å². The second kappa shape index (κ2) is 5.90. The Morgan fingerprint density at radius 2 is 2.29 bits per heavy atom. The second-order valence-corrected chi connectivity index (χ2v) is 5.35. The monoisotopic (exact) mass is 287 g/mol. The van der Waals surface area contributed by atoms with Crippen LogP contribution in [0.4, 0.5) is 5.69 Å². The number of carboxylic acid groups (broad SMARTS) is 1. The highest BCUT2D eigenvalue weighted by Crippen LogP contribution is 2.27. The summed E-state index contributed by atoms with van der Waals surface area (Å²) < 4.78 is 1.59. The number of anilines is 1. The molecule has 1 fully saturated rings. The van der Waals surface area contributed by atoms with Gasteiger partial charge >= 0.3 is 5.97 Å². The zero-order chi connectivity index (χ0) is 14.7.